The molecular formula is C16H31N3O2S. The van der Waals surface area contributed by atoms with Crippen LogP contribution in [0.5, 0.6) is 0 Å². The van der Waals surface area contributed by atoms with Crippen molar-refractivity contribution in [2.24, 2.45) is 5.92 Å². The highest BCUT2D eigenvalue weighted by Gasteiger charge is 2.40. The summed E-state index contributed by atoms with van der Waals surface area (Å²) in [7, 11) is -3.13. The van der Waals surface area contributed by atoms with Gasteiger partial charge in [-0.15, -0.1) is 0 Å². The minimum absolute atomic E-state index is 0.0173. The fourth-order valence-corrected chi connectivity index (χ4v) is 5.81. The maximum absolute atomic E-state index is 12.2. The Labute approximate surface area is 135 Å². The molecule has 4 atom stereocenters. The second kappa shape index (κ2) is 7.16. The van der Waals surface area contributed by atoms with Gasteiger partial charge in [0.15, 0.2) is 0 Å². The smallest absolute Gasteiger partial charge is 0.211 e. The molecule has 0 spiro atoms. The van der Waals surface area contributed by atoms with Gasteiger partial charge in [0, 0.05) is 18.6 Å². The summed E-state index contributed by atoms with van der Waals surface area (Å²) in [5.74, 6) is 1.04. The molecule has 3 aliphatic rings. The van der Waals surface area contributed by atoms with Gasteiger partial charge in [-0.1, -0.05) is 19.3 Å². The molecule has 0 amide bonds. The van der Waals surface area contributed by atoms with Crippen molar-refractivity contribution in [3.8, 4) is 0 Å². The molecule has 2 bridgehead atoms. The van der Waals surface area contributed by atoms with Crippen LogP contribution in [0.1, 0.15) is 58.3 Å². The zero-order valence-electron chi connectivity index (χ0n) is 13.8. The number of fused-ring (bicyclic) bond motifs is 1. The Morgan fingerprint density at radius 1 is 0.955 bits per heavy atom. The van der Waals surface area contributed by atoms with E-state index >= 15 is 0 Å². The molecule has 3 saturated heterocycles. The third-order valence-corrected chi connectivity index (χ3v) is 7.24. The molecule has 0 aromatic rings. The van der Waals surface area contributed by atoms with E-state index in [0.717, 1.165) is 31.6 Å². The van der Waals surface area contributed by atoms with Gasteiger partial charge >= 0.3 is 0 Å². The lowest BCUT2D eigenvalue weighted by atomic mass is 9.89. The van der Waals surface area contributed by atoms with Crippen molar-refractivity contribution < 1.29 is 8.42 Å². The van der Waals surface area contributed by atoms with Gasteiger partial charge in [-0.25, -0.2) is 13.1 Å². The molecule has 3 aliphatic heterocycles. The Balaban J connectivity index is 1.70. The van der Waals surface area contributed by atoms with Gasteiger partial charge in [0.25, 0.3) is 0 Å². The van der Waals surface area contributed by atoms with Crippen molar-refractivity contribution in [3.63, 3.8) is 0 Å². The lowest BCUT2D eigenvalue weighted by molar-refractivity contribution is 0.123. The first kappa shape index (κ1) is 16.7. The molecule has 5 nitrogen and oxygen atoms in total. The Morgan fingerprint density at radius 2 is 1.73 bits per heavy atom. The Morgan fingerprint density at radius 3 is 2.59 bits per heavy atom. The predicted molar refractivity (Wildman–Crippen MR) is 89.1 cm³/mol. The zero-order chi connectivity index (χ0) is 15.6. The molecule has 0 aromatic carbocycles. The van der Waals surface area contributed by atoms with E-state index in [-0.39, 0.29) is 17.8 Å². The Bertz CT molecular complexity index is 468. The number of sulfonamides is 1. The van der Waals surface area contributed by atoms with Gasteiger partial charge in [0.2, 0.25) is 10.0 Å². The third-order valence-electron chi connectivity index (χ3n) is 5.69. The quantitative estimate of drug-likeness (QED) is 0.709. The largest absolute Gasteiger partial charge is 0.297 e. The van der Waals surface area contributed by atoms with Crippen molar-refractivity contribution in [1.82, 2.24) is 14.9 Å². The van der Waals surface area contributed by atoms with Crippen molar-refractivity contribution in [3.05, 3.63) is 0 Å². The van der Waals surface area contributed by atoms with E-state index in [1.165, 1.54) is 38.8 Å². The van der Waals surface area contributed by atoms with Crippen LogP contribution in [-0.4, -0.2) is 50.4 Å². The van der Waals surface area contributed by atoms with Crippen LogP contribution in [0, 0.1) is 5.92 Å². The summed E-state index contributed by atoms with van der Waals surface area (Å²) in [6, 6.07) is 0.246. The van der Waals surface area contributed by atoms with E-state index < -0.39 is 10.0 Å². The third kappa shape index (κ3) is 4.02. The van der Waals surface area contributed by atoms with Crippen LogP contribution >= 0.6 is 0 Å². The number of piperidine rings is 1. The molecule has 3 heterocycles. The van der Waals surface area contributed by atoms with Crippen molar-refractivity contribution >= 4 is 10.0 Å². The monoisotopic (exact) mass is 329 g/mol. The lowest BCUT2D eigenvalue weighted by Crippen LogP contribution is -2.59. The first-order valence-corrected chi connectivity index (χ1v) is 10.7. The van der Waals surface area contributed by atoms with Gasteiger partial charge < -0.3 is 0 Å². The van der Waals surface area contributed by atoms with Gasteiger partial charge in [-0.2, -0.15) is 0 Å². The maximum Gasteiger partial charge on any atom is 0.211 e. The van der Waals surface area contributed by atoms with Crippen molar-refractivity contribution in [2.75, 3.05) is 18.8 Å². The van der Waals surface area contributed by atoms with E-state index in [1.807, 2.05) is 6.92 Å². The molecule has 6 heteroatoms. The van der Waals surface area contributed by atoms with Crippen LogP contribution in [0.4, 0.5) is 0 Å². The minimum Gasteiger partial charge on any atom is -0.297 e. The highest BCUT2D eigenvalue weighted by molar-refractivity contribution is 7.89. The summed E-state index contributed by atoms with van der Waals surface area (Å²) in [4.78, 5) is 2.60. The first-order chi connectivity index (χ1) is 10.6. The SMILES string of the molecule is C[C@H]1NS(=O)(=O)CCCCCCCN2CCC3CCC1NC32. The summed E-state index contributed by atoms with van der Waals surface area (Å²) >= 11 is 0. The standard InChI is InChI=1S/C16H31N3O2S/c1-13-15-8-7-14-9-11-19(16(14)17-15)10-5-3-2-4-6-12-22(20,21)18-13/h13-18H,2-12H2,1H3/t13-,14?,15?,16?/m1/s1. The van der Waals surface area contributed by atoms with E-state index in [1.54, 1.807) is 0 Å². The molecule has 0 aliphatic carbocycles. The molecule has 3 rings (SSSR count). The Hall–Kier alpha value is -0.170. The second-order valence-corrected chi connectivity index (χ2v) is 9.25. The number of hydrogen-bond donors (Lipinski definition) is 2. The summed E-state index contributed by atoms with van der Waals surface area (Å²) < 4.78 is 27.3. The van der Waals surface area contributed by atoms with Crippen molar-refractivity contribution in [2.45, 2.75) is 76.5 Å². The van der Waals surface area contributed by atoms with Gasteiger partial charge in [-0.3, -0.25) is 10.2 Å². The lowest BCUT2D eigenvalue weighted by Gasteiger charge is -2.40. The summed E-state index contributed by atoms with van der Waals surface area (Å²) in [6.45, 7) is 4.41. The van der Waals surface area contributed by atoms with Crippen LogP contribution in [-0.2, 0) is 10.0 Å². The van der Waals surface area contributed by atoms with E-state index in [9.17, 15) is 8.42 Å². The van der Waals surface area contributed by atoms with E-state index in [0.29, 0.717) is 6.17 Å². The van der Waals surface area contributed by atoms with Gasteiger partial charge in [-0.05, 0) is 51.5 Å². The zero-order valence-corrected chi connectivity index (χ0v) is 14.6. The van der Waals surface area contributed by atoms with E-state index in [2.05, 4.69) is 14.9 Å². The van der Waals surface area contributed by atoms with Crippen LogP contribution < -0.4 is 10.0 Å². The number of nitrogens with zero attached hydrogens (tertiary/aromatic N) is 1. The average Bonchev–Trinajstić information content (AvgIpc) is 2.87. The van der Waals surface area contributed by atoms with Crippen LogP contribution in [0.3, 0.4) is 0 Å². The minimum atomic E-state index is -3.13. The van der Waals surface area contributed by atoms with Crippen LogP contribution in [0.15, 0.2) is 0 Å². The summed E-state index contributed by atoms with van der Waals surface area (Å²) in [5.41, 5.74) is 0. The first-order valence-electron chi connectivity index (χ1n) is 9.05. The second-order valence-electron chi connectivity index (χ2n) is 7.37. The topological polar surface area (TPSA) is 61.4 Å². The van der Waals surface area contributed by atoms with Gasteiger partial charge in [0.05, 0.1) is 11.9 Å². The maximum atomic E-state index is 12.2. The highest BCUT2D eigenvalue weighted by atomic mass is 32.2. The molecule has 128 valence electrons. The predicted octanol–water partition coefficient (Wildman–Crippen LogP) is 1.66. The summed E-state index contributed by atoms with van der Waals surface area (Å²) in [6.07, 6.45) is 9.51. The van der Waals surface area contributed by atoms with Crippen molar-refractivity contribution in [1.29, 1.82) is 0 Å². The number of hydrogen-bond acceptors (Lipinski definition) is 4. The average molecular weight is 330 g/mol. The van der Waals surface area contributed by atoms with E-state index in [4.69, 9.17) is 0 Å². The van der Waals surface area contributed by atoms with Gasteiger partial charge in [0.1, 0.15) is 0 Å². The summed E-state index contributed by atoms with van der Waals surface area (Å²) in [5, 5.41) is 3.76. The molecule has 3 unspecified atom stereocenters. The molecule has 0 radical (unpaired) electrons. The molecular weight excluding hydrogens is 298 g/mol. The fourth-order valence-electron chi connectivity index (χ4n) is 4.37. The normalized spacial score (nSPS) is 41.0. The fraction of sp³-hybridized carbons (Fsp3) is 1.00. The highest BCUT2D eigenvalue weighted by Crippen LogP contribution is 2.32. The van der Waals surface area contributed by atoms with Crippen LogP contribution in [0.25, 0.3) is 0 Å². The molecule has 2 N–H and O–H groups in total. The number of rotatable bonds is 0. The molecule has 3 fully saturated rings. The van der Waals surface area contributed by atoms with Crippen LogP contribution in [0.2, 0.25) is 0 Å². The number of nitrogens with one attached hydrogen (secondary N) is 2. The molecule has 0 aromatic heterocycles. The Kier molecular flexibility index (Phi) is 5.43. The molecule has 22 heavy (non-hydrogen) atoms. The molecule has 0 saturated carbocycles.